The standard InChI is InChI=1S/C21H26N6S.HI/c1-22-21(26-11-9-25(10-12-26)20-8-5-13-28-20)23-14-19-15-24-27(17-19)16-18-6-3-2-4-7-18;/h2-8,13,15,17H,9-12,14,16H2,1H3,(H,22,23);1H. The lowest BCUT2D eigenvalue weighted by atomic mass is 10.2. The number of hydrogen-bond acceptors (Lipinski definition) is 4. The molecule has 0 atom stereocenters. The van der Waals surface area contributed by atoms with Gasteiger partial charge in [0.1, 0.15) is 0 Å². The Balaban J connectivity index is 0.00000240. The van der Waals surface area contributed by atoms with Gasteiger partial charge in [-0.05, 0) is 23.1 Å². The molecule has 1 aromatic carbocycles. The second kappa shape index (κ2) is 10.6. The number of hydrogen-bond donors (Lipinski definition) is 1. The van der Waals surface area contributed by atoms with E-state index < -0.39 is 0 Å². The molecule has 0 unspecified atom stereocenters. The lowest BCUT2D eigenvalue weighted by Crippen LogP contribution is -2.52. The van der Waals surface area contributed by atoms with E-state index in [1.165, 1.54) is 10.6 Å². The summed E-state index contributed by atoms with van der Waals surface area (Å²) in [6, 6.07) is 14.7. The topological polar surface area (TPSA) is 48.7 Å². The summed E-state index contributed by atoms with van der Waals surface area (Å²) < 4.78 is 1.98. The first kappa shape index (κ1) is 21.6. The number of piperazine rings is 1. The zero-order chi connectivity index (χ0) is 19.2. The maximum atomic E-state index is 4.48. The van der Waals surface area contributed by atoms with Gasteiger partial charge < -0.3 is 15.1 Å². The number of halogens is 1. The van der Waals surface area contributed by atoms with E-state index in [1.807, 2.05) is 35.3 Å². The Kier molecular flexibility index (Phi) is 7.93. The molecular formula is C21H27IN6S. The van der Waals surface area contributed by atoms with E-state index in [9.17, 15) is 0 Å². The van der Waals surface area contributed by atoms with Crippen molar-refractivity contribution in [3.63, 3.8) is 0 Å². The number of nitrogens with zero attached hydrogens (tertiary/aromatic N) is 5. The van der Waals surface area contributed by atoms with Crippen molar-refractivity contribution in [3.05, 3.63) is 71.4 Å². The fraction of sp³-hybridized carbons (Fsp3) is 0.333. The molecule has 3 heterocycles. The molecule has 0 spiro atoms. The second-order valence-corrected chi connectivity index (χ2v) is 7.78. The van der Waals surface area contributed by atoms with Gasteiger partial charge in [0.05, 0.1) is 17.7 Å². The summed E-state index contributed by atoms with van der Waals surface area (Å²) in [5.74, 6) is 0.960. The largest absolute Gasteiger partial charge is 0.360 e. The van der Waals surface area contributed by atoms with E-state index in [1.54, 1.807) is 0 Å². The lowest BCUT2D eigenvalue weighted by Gasteiger charge is -2.37. The van der Waals surface area contributed by atoms with E-state index in [0.29, 0.717) is 0 Å². The van der Waals surface area contributed by atoms with Crippen LogP contribution in [-0.2, 0) is 13.1 Å². The van der Waals surface area contributed by atoms with Gasteiger partial charge in [-0.3, -0.25) is 9.67 Å². The number of benzene rings is 1. The summed E-state index contributed by atoms with van der Waals surface area (Å²) in [5.41, 5.74) is 2.42. The van der Waals surface area contributed by atoms with Crippen LogP contribution in [0.1, 0.15) is 11.1 Å². The molecule has 0 saturated carbocycles. The van der Waals surface area contributed by atoms with E-state index >= 15 is 0 Å². The van der Waals surface area contributed by atoms with Crippen molar-refractivity contribution in [2.45, 2.75) is 13.1 Å². The van der Waals surface area contributed by atoms with Crippen LogP contribution >= 0.6 is 35.3 Å². The van der Waals surface area contributed by atoms with Crippen LogP contribution in [0.25, 0.3) is 0 Å². The molecule has 1 aliphatic heterocycles. The molecule has 0 amide bonds. The zero-order valence-electron chi connectivity index (χ0n) is 16.6. The molecule has 154 valence electrons. The number of rotatable bonds is 5. The predicted octanol–water partition coefficient (Wildman–Crippen LogP) is 3.51. The quantitative estimate of drug-likeness (QED) is 0.317. The highest BCUT2D eigenvalue weighted by Gasteiger charge is 2.20. The van der Waals surface area contributed by atoms with Crippen molar-refractivity contribution >= 4 is 46.3 Å². The van der Waals surface area contributed by atoms with Crippen LogP contribution in [0.2, 0.25) is 0 Å². The van der Waals surface area contributed by atoms with Crippen molar-refractivity contribution < 1.29 is 0 Å². The van der Waals surface area contributed by atoms with Crippen LogP contribution in [0.3, 0.4) is 0 Å². The first-order valence-corrected chi connectivity index (χ1v) is 10.5. The van der Waals surface area contributed by atoms with Crippen molar-refractivity contribution in [2.75, 3.05) is 38.1 Å². The number of aliphatic imine (C=N–C) groups is 1. The van der Waals surface area contributed by atoms with Gasteiger partial charge in [-0.2, -0.15) is 5.10 Å². The molecule has 1 N–H and O–H groups in total. The third-order valence-electron chi connectivity index (χ3n) is 4.93. The van der Waals surface area contributed by atoms with E-state index in [-0.39, 0.29) is 24.0 Å². The molecule has 4 rings (SSSR count). The first-order chi connectivity index (χ1) is 13.8. The number of anilines is 1. The first-order valence-electron chi connectivity index (χ1n) is 9.61. The molecule has 1 aliphatic rings. The van der Waals surface area contributed by atoms with Gasteiger partial charge in [-0.1, -0.05) is 30.3 Å². The molecule has 6 nitrogen and oxygen atoms in total. The smallest absolute Gasteiger partial charge is 0.194 e. The van der Waals surface area contributed by atoms with Gasteiger partial charge in [-0.15, -0.1) is 35.3 Å². The average Bonchev–Trinajstić information content (AvgIpc) is 3.42. The van der Waals surface area contributed by atoms with Crippen molar-refractivity contribution in [1.82, 2.24) is 20.0 Å². The van der Waals surface area contributed by atoms with E-state index in [0.717, 1.165) is 50.8 Å². The number of aromatic nitrogens is 2. The molecule has 8 heteroatoms. The fourth-order valence-electron chi connectivity index (χ4n) is 3.46. The molecule has 0 bridgehead atoms. The van der Waals surface area contributed by atoms with E-state index in [2.05, 4.69) is 73.2 Å². The average molecular weight is 522 g/mol. The van der Waals surface area contributed by atoms with Gasteiger partial charge in [0.25, 0.3) is 0 Å². The van der Waals surface area contributed by atoms with Gasteiger partial charge in [0.2, 0.25) is 0 Å². The number of guanidine groups is 1. The minimum atomic E-state index is 0. The van der Waals surface area contributed by atoms with Crippen molar-refractivity contribution in [3.8, 4) is 0 Å². The summed E-state index contributed by atoms with van der Waals surface area (Å²) in [4.78, 5) is 9.26. The summed E-state index contributed by atoms with van der Waals surface area (Å²) >= 11 is 1.81. The van der Waals surface area contributed by atoms with Crippen LogP contribution in [0.15, 0.2) is 65.2 Å². The Labute approximate surface area is 193 Å². The Bertz CT molecular complexity index is 885. The maximum Gasteiger partial charge on any atom is 0.194 e. The maximum absolute atomic E-state index is 4.48. The summed E-state index contributed by atoms with van der Waals surface area (Å²) in [6.07, 6.45) is 4.03. The molecule has 1 saturated heterocycles. The minimum absolute atomic E-state index is 0. The molecule has 29 heavy (non-hydrogen) atoms. The highest BCUT2D eigenvalue weighted by Crippen LogP contribution is 2.22. The molecule has 0 radical (unpaired) electrons. The molecule has 0 aliphatic carbocycles. The summed E-state index contributed by atoms with van der Waals surface area (Å²) in [7, 11) is 1.85. The third kappa shape index (κ3) is 5.72. The third-order valence-corrected chi connectivity index (χ3v) is 5.86. The zero-order valence-corrected chi connectivity index (χ0v) is 19.7. The molecule has 1 fully saturated rings. The highest BCUT2D eigenvalue weighted by atomic mass is 127. The van der Waals surface area contributed by atoms with Crippen molar-refractivity contribution in [2.24, 2.45) is 4.99 Å². The Morgan fingerprint density at radius 2 is 1.86 bits per heavy atom. The van der Waals surface area contributed by atoms with Crippen molar-refractivity contribution in [1.29, 1.82) is 0 Å². The van der Waals surface area contributed by atoms with Crippen LogP contribution in [0, 0.1) is 0 Å². The minimum Gasteiger partial charge on any atom is -0.360 e. The van der Waals surface area contributed by atoms with E-state index in [4.69, 9.17) is 0 Å². The summed E-state index contributed by atoms with van der Waals surface area (Å²) in [6.45, 7) is 5.52. The SMILES string of the molecule is CN=C(NCc1cnn(Cc2ccccc2)c1)N1CCN(c2cccs2)CC1.I. The predicted molar refractivity (Wildman–Crippen MR) is 131 cm³/mol. The monoisotopic (exact) mass is 522 g/mol. The Morgan fingerprint density at radius 3 is 2.55 bits per heavy atom. The van der Waals surface area contributed by atoms with Crippen LogP contribution in [0.4, 0.5) is 5.00 Å². The second-order valence-electron chi connectivity index (χ2n) is 6.86. The lowest BCUT2D eigenvalue weighted by molar-refractivity contribution is 0.373. The van der Waals surface area contributed by atoms with Crippen LogP contribution in [-0.4, -0.2) is 53.9 Å². The van der Waals surface area contributed by atoms with Gasteiger partial charge in [-0.25, -0.2) is 0 Å². The Morgan fingerprint density at radius 1 is 1.07 bits per heavy atom. The fourth-order valence-corrected chi connectivity index (χ4v) is 4.24. The van der Waals surface area contributed by atoms with Crippen LogP contribution in [0.5, 0.6) is 0 Å². The normalized spacial score (nSPS) is 14.6. The highest BCUT2D eigenvalue weighted by molar-refractivity contribution is 14.0. The van der Waals surface area contributed by atoms with Gasteiger partial charge >= 0.3 is 0 Å². The molecular weight excluding hydrogens is 495 g/mol. The number of thiophene rings is 1. The number of nitrogens with one attached hydrogen (secondary N) is 1. The molecule has 2 aromatic heterocycles. The Hall–Kier alpha value is -2.07. The van der Waals surface area contributed by atoms with Gasteiger partial charge in [0, 0.05) is 51.5 Å². The van der Waals surface area contributed by atoms with Crippen LogP contribution < -0.4 is 10.2 Å². The summed E-state index contributed by atoms with van der Waals surface area (Å²) in [5, 5.41) is 11.5. The van der Waals surface area contributed by atoms with Gasteiger partial charge in [0.15, 0.2) is 5.96 Å². The molecule has 3 aromatic rings.